The highest BCUT2D eigenvalue weighted by atomic mass is 16.6. The van der Waals surface area contributed by atoms with Crippen molar-refractivity contribution in [1.82, 2.24) is 0 Å². The number of benzene rings is 1. The average molecular weight is 250 g/mol. The summed E-state index contributed by atoms with van der Waals surface area (Å²) in [6.07, 6.45) is 0.974. The second-order valence-corrected chi connectivity index (χ2v) is 4.60. The Morgan fingerprint density at radius 1 is 1.56 bits per heavy atom. The van der Waals surface area contributed by atoms with Crippen LogP contribution in [0.25, 0.3) is 0 Å². The summed E-state index contributed by atoms with van der Waals surface area (Å²) in [5, 5.41) is 19.9. The molecule has 1 fully saturated rings. The SMILES string of the molecule is CC1CCN(c2cc([N+](=O)[O-])ccc2C(=O)O)C1. The molecule has 1 unspecified atom stereocenters. The highest BCUT2D eigenvalue weighted by molar-refractivity contribution is 5.95. The Bertz CT molecular complexity index is 501. The van der Waals surface area contributed by atoms with Crippen LogP contribution >= 0.6 is 0 Å². The van der Waals surface area contributed by atoms with E-state index in [4.69, 9.17) is 5.11 Å². The van der Waals surface area contributed by atoms with Crippen molar-refractivity contribution >= 4 is 17.3 Å². The smallest absolute Gasteiger partial charge is 0.337 e. The molecule has 0 bridgehead atoms. The van der Waals surface area contributed by atoms with E-state index in [0.29, 0.717) is 11.6 Å². The van der Waals surface area contributed by atoms with Crippen molar-refractivity contribution in [3.63, 3.8) is 0 Å². The van der Waals surface area contributed by atoms with Crippen molar-refractivity contribution in [3.05, 3.63) is 33.9 Å². The summed E-state index contributed by atoms with van der Waals surface area (Å²) in [5.41, 5.74) is 0.491. The summed E-state index contributed by atoms with van der Waals surface area (Å²) in [7, 11) is 0. The van der Waals surface area contributed by atoms with E-state index in [2.05, 4.69) is 6.92 Å². The van der Waals surface area contributed by atoms with E-state index in [1.165, 1.54) is 18.2 Å². The van der Waals surface area contributed by atoms with E-state index in [1.54, 1.807) is 0 Å². The number of carbonyl (C=O) groups is 1. The van der Waals surface area contributed by atoms with E-state index < -0.39 is 10.9 Å². The third kappa shape index (κ3) is 2.27. The van der Waals surface area contributed by atoms with Gasteiger partial charge in [-0.05, 0) is 18.4 Å². The number of nitrogens with zero attached hydrogens (tertiary/aromatic N) is 2. The van der Waals surface area contributed by atoms with Crippen molar-refractivity contribution in [3.8, 4) is 0 Å². The molecule has 1 aliphatic rings. The molecule has 1 N–H and O–H groups in total. The summed E-state index contributed by atoms with van der Waals surface area (Å²) < 4.78 is 0. The van der Waals surface area contributed by atoms with Gasteiger partial charge >= 0.3 is 5.97 Å². The molecule has 1 atom stereocenters. The number of rotatable bonds is 3. The van der Waals surface area contributed by atoms with E-state index in [-0.39, 0.29) is 11.3 Å². The lowest BCUT2D eigenvalue weighted by molar-refractivity contribution is -0.384. The van der Waals surface area contributed by atoms with E-state index >= 15 is 0 Å². The molecule has 0 aromatic heterocycles. The number of carboxylic acids is 1. The molecule has 6 nitrogen and oxygen atoms in total. The molecule has 0 radical (unpaired) electrons. The number of carboxylic acid groups (broad SMARTS) is 1. The minimum absolute atomic E-state index is 0.0745. The van der Waals surface area contributed by atoms with Gasteiger partial charge in [0.25, 0.3) is 5.69 Å². The Balaban J connectivity index is 2.44. The van der Waals surface area contributed by atoms with Gasteiger partial charge in [-0.3, -0.25) is 10.1 Å². The number of hydrogen-bond donors (Lipinski definition) is 1. The van der Waals surface area contributed by atoms with Crippen LogP contribution in [0.3, 0.4) is 0 Å². The second-order valence-electron chi connectivity index (χ2n) is 4.60. The molecular weight excluding hydrogens is 236 g/mol. The van der Waals surface area contributed by atoms with Crippen molar-refractivity contribution in [2.24, 2.45) is 5.92 Å². The Morgan fingerprint density at radius 2 is 2.28 bits per heavy atom. The highest BCUT2D eigenvalue weighted by Crippen LogP contribution is 2.30. The van der Waals surface area contributed by atoms with E-state index in [9.17, 15) is 14.9 Å². The first-order chi connectivity index (χ1) is 8.49. The van der Waals surface area contributed by atoms with Gasteiger partial charge in [-0.25, -0.2) is 4.79 Å². The molecule has 0 saturated carbocycles. The average Bonchev–Trinajstić information content (AvgIpc) is 2.74. The molecule has 1 heterocycles. The van der Waals surface area contributed by atoms with Gasteiger partial charge in [0.15, 0.2) is 0 Å². The predicted octanol–water partition coefficient (Wildman–Crippen LogP) is 2.14. The van der Waals surface area contributed by atoms with Gasteiger partial charge in [-0.15, -0.1) is 0 Å². The minimum Gasteiger partial charge on any atom is -0.478 e. The summed E-state index contributed by atoms with van der Waals surface area (Å²) in [6, 6.07) is 3.88. The fourth-order valence-electron chi connectivity index (χ4n) is 2.23. The third-order valence-electron chi connectivity index (χ3n) is 3.19. The van der Waals surface area contributed by atoms with Gasteiger partial charge in [0.2, 0.25) is 0 Å². The van der Waals surface area contributed by atoms with Crippen molar-refractivity contribution < 1.29 is 14.8 Å². The molecule has 6 heteroatoms. The summed E-state index contributed by atoms with van der Waals surface area (Å²) in [4.78, 5) is 23.3. The first kappa shape index (κ1) is 12.3. The van der Waals surface area contributed by atoms with E-state index in [0.717, 1.165) is 19.5 Å². The van der Waals surface area contributed by atoms with Gasteiger partial charge in [-0.2, -0.15) is 0 Å². The lowest BCUT2D eigenvalue weighted by Crippen LogP contribution is -2.21. The summed E-state index contributed by atoms with van der Waals surface area (Å²) >= 11 is 0. The van der Waals surface area contributed by atoms with Crippen molar-refractivity contribution in [2.45, 2.75) is 13.3 Å². The van der Waals surface area contributed by atoms with Crippen LogP contribution in [0, 0.1) is 16.0 Å². The number of nitro benzene ring substituents is 1. The Morgan fingerprint density at radius 3 is 2.78 bits per heavy atom. The van der Waals surface area contributed by atoms with Crippen LogP contribution in [0.2, 0.25) is 0 Å². The molecule has 2 rings (SSSR count). The maximum absolute atomic E-state index is 11.1. The quantitative estimate of drug-likeness (QED) is 0.656. The van der Waals surface area contributed by atoms with Crippen LogP contribution in [0.15, 0.2) is 18.2 Å². The fraction of sp³-hybridized carbons (Fsp3) is 0.417. The van der Waals surface area contributed by atoms with Gasteiger partial charge in [0.05, 0.1) is 16.2 Å². The maximum atomic E-state index is 11.1. The number of non-ortho nitro benzene ring substituents is 1. The van der Waals surface area contributed by atoms with Crippen molar-refractivity contribution in [2.75, 3.05) is 18.0 Å². The Labute approximate surface area is 104 Å². The van der Waals surface area contributed by atoms with Crippen LogP contribution in [0.1, 0.15) is 23.7 Å². The topological polar surface area (TPSA) is 83.7 Å². The molecule has 1 saturated heterocycles. The molecule has 18 heavy (non-hydrogen) atoms. The highest BCUT2D eigenvalue weighted by Gasteiger charge is 2.25. The molecule has 0 spiro atoms. The predicted molar refractivity (Wildman–Crippen MR) is 66.0 cm³/mol. The zero-order chi connectivity index (χ0) is 13.3. The Kier molecular flexibility index (Phi) is 3.18. The molecule has 0 amide bonds. The zero-order valence-corrected chi connectivity index (χ0v) is 10.00. The number of hydrogen-bond acceptors (Lipinski definition) is 4. The molecule has 1 aromatic rings. The normalized spacial score (nSPS) is 18.9. The maximum Gasteiger partial charge on any atom is 0.337 e. The van der Waals surface area contributed by atoms with E-state index in [1.807, 2.05) is 4.90 Å². The van der Waals surface area contributed by atoms with Crippen LogP contribution in [0.4, 0.5) is 11.4 Å². The summed E-state index contributed by atoms with van der Waals surface area (Å²) in [5.74, 6) is -0.578. The molecule has 1 aromatic carbocycles. The monoisotopic (exact) mass is 250 g/mol. The number of anilines is 1. The largest absolute Gasteiger partial charge is 0.478 e. The molecule has 0 aliphatic carbocycles. The zero-order valence-electron chi connectivity index (χ0n) is 10.00. The van der Waals surface area contributed by atoms with Gasteiger partial charge in [0, 0.05) is 25.2 Å². The lowest BCUT2D eigenvalue weighted by atomic mass is 10.1. The fourth-order valence-corrected chi connectivity index (χ4v) is 2.23. The van der Waals surface area contributed by atoms with Gasteiger partial charge < -0.3 is 10.0 Å². The molecular formula is C12H14N2O4. The molecule has 96 valence electrons. The van der Waals surface area contributed by atoms with Crippen LogP contribution in [0.5, 0.6) is 0 Å². The summed E-state index contributed by atoms with van der Waals surface area (Å²) in [6.45, 7) is 3.56. The van der Waals surface area contributed by atoms with Gasteiger partial charge in [-0.1, -0.05) is 6.92 Å². The Hall–Kier alpha value is -2.11. The second kappa shape index (κ2) is 4.64. The van der Waals surface area contributed by atoms with Crippen LogP contribution in [-0.4, -0.2) is 29.1 Å². The van der Waals surface area contributed by atoms with Crippen LogP contribution < -0.4 is 4.90 Å². The number of aromatic carboxylic acids is 1. The van der Waals surface area contributed by atoms with Gasteiger partial charge in [0.1, 0.15) is 0 Å². The third-order valence-corrected chi connectivity index (χ3v) is 3.19. The van der Waals surface area contributed by atoms with Crippen LogP contribution in [-0.2, 0) is 0 Å². The number of nitro groups is 1. The molecule has 1 aliphatic heterocycles. The first-order valence-corrected chi connectivity index (χ1v) is 5.75. The first-order valence-electron chi connectivity index (χ1n) is 5.75. The minimum atomic E-state index is -1.06. The standard InChI is InChI=1S/C12H14N2O4/c1-8-4-5-13(7-8)11-6-9(14(17)18)2-3-10(11)12(15)16/h2-3,6,8H,4-5,7H2,1H3,(H,15,16). The van der Waals surface area contributed by atoms with Crippen molar-refractivity contribution in [1.29, 1.82) is 0 Å². The lowest BCUT2D eigenvalue weighted by Gasteiger charge is -2.20.